The lowest BCUT2D eigenvalue weighted by Crippen LogP contribution is -2.26. The SMILES string of the molecule is O=C1CC(CO)CN1c1ncc(-c2ccccc2)[nH]1. The van der Waals surface area contributed by atoms with Crippen LogP contribution in [0.2, 0.25) is 0 Å². The summed E-state index contributed by atoms with van der Waals surface area (Å²) in [6.07, 6.45) is 2.11. The maximum absolute atomic E-state index is 11.8. The summed E-state index contributed by atoms with van der Waals surface area (Å²) in [6.45, 7) is 0.561. The summed E-state index contributed by atoms with van der Waals surface area (Å²) in [5, 5.41) is 9.12. The Morgan fingerprint density at radius 1 is 1.37 bits per heavy atom. The number of hydrogen-bond donors (Lipinski definition) is 2. The first kappa shape index (κ1) is 11.9. The maximum Gasteiger partial charge on any atom is 0.229 e. The minimum absolute atomic E-state index is 0.00742. The van der Waals surface area contributed by atoms with Crippen molar-refractivity contribution >= 4 is 11.9 Å². The van der Waals surface area contributed by atoms with Crippen molar-refractivity contribution in [1.29, 1.82) is 0 Å². The van der Waals surface area contributed by atoms with E-state index in [9.17, 15) is 4.79 Å². The minimum Gasteiger partial charge on any atom is -0.396 e. The number of aromatic amines is 1. The second kappa shape index (κ2) is 4.85. The molecule has 1 aromatic carbocycles. The molecule has 1 fully saturated rings. The number of nitrogens with one attached hydrogen (secondary N) is 1. The molecule has 1 atom stereocenters. The molecule has 1 unspecified atom stereocenters. The Balaban J connectivity index is 1.84. The molecular weight excluding hydrogens is 242 g/mol. The van der Waals surface area contributed by atoms with Gasteiger partial charge >= 0.3 is 0 Å². The average molecular weight is 257 g/mol. The van der Waals surface area contributed by atoms with Crippen molar-refractivity contribution in [3.8, 4) is 11.3 Å². The topological polar surface area (TPSA) is 69.2 Å². The number of H-pyrrole nitrogens is 1. The predicted octanol–water partition coefficient (Wildman–Crippen LogP) is 1.42. The number of anilines is 1. The number of aromatic nitrogens is 2. The molecule has 1 aliphatic rings. The van der Waals surface area contributed by atoms with Crippen molar-refractivity contribution in [1.82, 2.24) is 9.97 Å². The summed E-state index contributed by atoms with van der Waals surface area (Å²) >= 11 is 0. The van der Waals surface area contributed by atoms with Gasteiger partial charge in [-0.15, -0.1) is 0 Å². The molecule has 0 saturated carbocycles. The molecule has 2 N–H and O–H groups in total. The summed E-state index contributed by atoms with van der Waals surface area (Å²) in [6, 6.07) is 9.84. The Hall–Kier alpha value is -2.14. The molecule has 1 amide bonds. The van der Waals surface area contributed by atoms with E-state index in [2.05, 4.69) is 9.97 Å². The molecular formula is C14H15N3O2. The van der Waals surface area contributed by atoms with E-state index in [1.807, 2.05) is 30.3 Å². The first-order valence-electron chi connectivity index (χ1n) is 6.29. The Kier molecular flexibility index (Phi) is 3.05. The summed E-state index contributed by atoms with van der Waals surface area (Å²) in [7, 11) is 0. The molecule has 1 saturated heterocycles. The number of rotatable bonds is 3. The standard InChI is InChI=1S/C14H15N3O2/c18-9-10-6-13(19)17(8-10)14-15-7-12(16-14)11-4-2-1-3-5-11/h1-5,7,10,18H,6,8-9H2,(H,15,16). The molecule has 5 nitrogen and oxygen atoms in total. The van der Waals surface area contributed by atoms with E-state index < -0.39 is 0 Å². The van der Waals surface area contributed by atoms with E-state index in [1.54, 1.807) is 11.1 Å². The van der Waals surface area contributed by atoms with Crippen LogP contribution >= 0.6 is 0 Å². The van der Waals surface area contributed by atoms with E-state index in [4.69, 9.17) is 5.11 Å². The van der Waals surface area contributed by atoms with Gasteiger partial charge in [-0.25, -0.2) is 4.98 Å². The lowest BCUT2D eigenvalue weighted by atomic mass is 10.1. The summed E-state index contributed by atoms with van der Waals surface area (Å²) in [5.41, 5.74) is 1.92. The van der Waals surface area contributed by atoms with Crippen molar-refractivity contribution in [3.05, 3.63) is 36.5 Å². The zero-order valence-corrected chi connectivity index (χ0v) is 10.4. The average Bonchev–Trinajstić information content (AvgIpc) is 3.06. The van der Waals surface area contributed by atoms with Gasteiger partial charge in [0, 0.05) is 25.5 Å². The molecule has 0 bridgehead atoms. The van der Waals surface area contributed by atoms with E-state index in [0.717, 1.165) is 11.3 Å². The van der Waals surface area contributed by atoms with E-state index in [1.165, 1.54) is 0 Å². The van der Waals surface area contributed by atoms with Gasteiger partial charge in [0.2, 0.25) is 11.9 Å². The second-order valence-corrected chi connectivity index (χ2v) is 4.74. The lowest BCUT2D eigenvalue weighted by Gasteiger charge is -2.12. The smallest absolute Gasteiger partial charge is 0.229 e. The fraction of sp³-hybridized carbons (Fsp3) is 0.286. The number of carbonyl (C=O) groups is 1. The van der Waals surface area contributed by atoms with Crippen LogP contribution in [0.5, 0.6) is 0 Å². The first-order chi connectivity index (χ1) is 9.28. The molecule has 19 heavy (non-hydrogen) atoms. The Labute approximate surface area is 110 Å². The van der Waals surface area contributed by atoms with Gasteiger partial charge in [-0.2, -0.15) is 0 Å². The van der Waals surface area contributed by atoms with Crippen molar-refractivity contribution < 1.29 is 9.90 Å². The zero-order chi connectivity index (χ0) is 13.2. The third-order valence-corrected chi connectivity index (χ3v) is 3.37. The third-order valence-electron chi connectivity index (χ3n) is 3.37. The van der Waals surface area contributed by atoms with Crippen LogP contribution < -0.4 is 4.90 Å². The van der Waals surface area contributed by atoms with E-state index in [0.29, 0.717) is 18.9 Å². The van der Waals surface area contributed by atoms with Gasteiger partial charge in [-0.3, -0.25) is 9.69 Å². The number of amides is 1. The monoisotopic (exact) mass is 257 g/mol. The predicted molar refractivity (Wildman–Crippen MR) is 71.6 cm³/mol. The van der Waals surface area contributed by atoms with Gasteiger partial charge in [0.05, 0.1) is 11.9 Å². The van der Waals surface area contributed by atoms with Gasteiger partial charge in [0.1, 0.15) is 0 Å². The number of benzene rings is 1. The van der Waals surface area contributed by atoms with Crippen LogP contribution in [0.4, 0.5) is 5.95 Å². The van der Waals surface area contributed by atoms with Crippen LogP contribution in [-0.4, -0.2) is 34.1 Å². The number of aliphatic hydroxyl groups is 1. The van der Waals surface area contributed by atoms with Gasteiger partial charge in [-0.05, 0) is 5.56 Å². The molecule has 98 valence electrons. The maximum atomic E-state index is 11.8. The first-order valence-corrected chi connectivity index (χ1v) is 6.29. The van der Waals surface area contributed by atoms with Crippen molar-refractivity contribution in [3.63, 3.8) is 0 Å². The fourth-order valence-corrected chi connectivity index (χ4v) is 2.32. The highest BCUT2D eigenvalue weighted by atomic mass is 16.3. The Morgan fingerprint density at radius 3 is 2.84 bits per heavy atom. The molecule has 5 heteroatoms. The second-order valence-electron chi connectivity index (χ2n) is 4.74. The molecule has 3 rings (SSSR count). The van der Waals surface area contributed by atoms with Crippen LogP contribution in [0.15, 0.2) is 36.5 Å². The van der Waals surface area contributed by atoms with E-state index >= 15 is 0 Å². The largest absolute Gasteiger partial charge is 0.396 e. The zero-order valence-electron chi connectivity index (χ0n) is 10.4. The van der Waals surface area contributed by atoms with Gasteiger partial charge in [-0.1, -0.05) is 30.3 Å². The van der Waals surface area contributed by atoms with Crippen LogP contribution in [0.3, 0.4) is 0 Å². The summed E-state index contributed by atoms with van der Waals surface area (Å²) in [4.78, 5) is 20.9. The summed E-state index contributed by atoms with van der Waals surface area (Å²) < 4.78 is 0. The molecule has 0 spiro atoms. The number of nitrogens with zero attached hydrogens (tertiary/aromatic N) is 2. The number of carbonyl (C=O) groups excluding carboxylic acids is 1. The number of aliphatic hydroxyl groups excluding tert-OH is 1. The molecule has 2 aromatic rings. The Bertz CT molecular complexity index is 579. The Morgan fingerprint density at radius 2 is 2.16 bits per heavy atom. The highest BCUT2D eigenvalue weighted by Crippen LogP contribution is 2.25. The molecule has 0 radical (unpaired) electrons. The molecule has 2 heterocycles. The molecule has 1 aromatic heterocycles. The quantitative estimate of drug-likeness (QED) is 0.873. The van der Waals surface area contributed by atoms with Crippen LogP contribution in [0.1, 0.15) is 6.42 Å². The van der Waals surface area contributed by atoms with Crippen LogP contribution in [0, 0.1) is 5.92 Å². The van der Waals surface area contributed by atoms with Crippen LogP contribution in [0.25, 0.3) is 11.3 Å². The van der Waals surface area contributed by atoms with Crippen molar-refractivity contribution in [2.45, 2.75) is 6.42 Å². The lowest BCUT2D eigenvalue weighted by molar-refractivity contribution is -0.117. The highest BCUT2D eigenvalue weighted by molar-refractivity contribution is 5.94. The van der Waals surface area contributed by atoms with Gasteiger partial charge < -0.3 is 10.1 Å². The summed E-state index contributed by atoms with van der Waals surface area (Å²) in [5.74, 6) is 0.575. The van der Waals surface area contributed by atoms with E-state index in [-0.39, 0.29) is 18.4 Å². The third kappa shape index (κ3) is 2.24. The van der Waals surface area contributed by atoms with Crippen molar-refractivity contribution in [2.75, 3.05) is 18.1 Å². The van der Waals surface area contributed by atoms with Gasteiger partial charge in [0.25, 0.3) is 0 Å². The van der Waals surface area contributed by atoms with Gasteiger partial charge in [0.15, 0.2) is 0 Å². The number of hydrogen-bond acceptors (Lipinski definition) is 3. The molecule has 1 aliphatic heterocycles. The number of imidazole rings is 1. The fourth-order valence-electron chi connectivity index (χ4n) is 2.32. The minimum atomic E-state index is 0.00742. The van der Waals surface area contributed by atoms with Crippen molar-refractivity contribution in [2.24, 2.45) is 5.92 Å². The normalized spacial score (nSPS) is 19.1. The highest BCUT2D eigenvalue weighted by Gasteiger charge is 2.31. The van der Waals surface area contributed by atoms with Crippen LogP contribution in [-0.2, 0) is 4.79 Å². The molecule has 0 aliphatic carbocycles.